The van der Waals surface area contributed by atoms with E-state index in [1.807, 2.05) is 31.2 Å². The summed E-state index contributed by atoms with van der Waals surface area (Å²) in [6.45, 7) is 2.58. The van der Waals surface area contributed by atoms with Crippen LogP contribution >= 0.6 is 0 Å². The predicted octanol–water partition coefficient (Wildman–Crippen LogP) is 2.05. The Morgan fingerprint density at radius 3 is 2.65 bits per heavy atom. The van der Waals surface area contributed by atoms with Gasteiger partial charge in [-0.1, -0.05) is 25.0 Å². The van der Waals surface area contributed by atoms with Gasteiger partial charge in [0.1, 0.15) is 5.75 Å². The van der Waals surface area contributed by atoms with Gasteiger partial charge in [0.05, 0.1) is 25.2 Å². The van der Waals surface area contributed by atoms with Crippen LogP contribution in [0.1, 0.15) is 38.2 Å². The second-order valence-electron chi connectivity index (χ2n) is 5.28. The van der Waals surface area contributed by atoms with Crippen molar-refractivity contribution in [1.29, 1.82) is 0 Å². The topological polar surface area (TPSA) is 58.6 Å². The average Bonchev–Trinajstić information content (AvgIpc) is 2.44. The first-order chi connectivity index (χ1) is 9.69. The fourth-order valence-electron chi connectivity index (χ4n) is 2.59. The van der Waals surface area contributed by atoms with E-state index in [-0.39, 0.29) is 11.9 Å². The molecule has 0 heterocycles. The number of aliphatic hydroxyl groups excluding tert-OH is 1. The van der Waals surface area contributed by atoms with Crippen LogP contribution in [0.3, 0.4) is 0 Å². The number of aliphatic hydroxyl groups is 1. The molecule has 1 saturated carbocycles. The SMILES string of the molecule is CCOc1ccc(CC(=O)N[C@H]2CCCC[C@@H]2O)cc1. The maximum absolute atomic E-state index is 12.0. The maximum atomic E-state index is 12.0. The van der Waals surface area contributed by atoms with Crippen LogP contribution in [-0.4, -0.2) is 29.8 Å². The fourth-order valence-corrected chi connectivity index (χ4v) is 2.59. The van der Waals surface area contributed by atoms with Gasteiger partial charge < -0.3 is 15.2 Å². The molecule has 1 aromatic rings. The number of rotatable bonds is 5. The van der Waals surface area contributed by atoms with E-state index in [1.165, 1.54) is 0 Å². The van der Waals surface area contributed by atoms with Crippen molar-refractivity contribution in [3.05, 3.63) is 29.8 Å². The van der Waals surface area contributed by atoms with E-state index in [9.17, 15) is 9.90 Å². The largest absolute Gasteiger partial charge is 0.494 e. The van der Waals surface area contributed by atoms with E-state index in [4.69, 9.17) is 4.74 Å². The van der Waals surface area contributed by atoms with Crippen molar-refractivity contribution in [2.24, 2.45) is 0 Å². The number of hydrogen-bond acceptors (Lipinski definition) is 3. The molecule has 0 bridgehead atoms. The summed E-state index contributed by atoms with van der Waals surface area (Å²) in [6, 6.07) is 7.48. The summed E-state index contributed by atoms with van der Waals surface area (Å²) in [5, 5.41) is 12.8. The highest BCUT2D eigenvalue weighted by Gasteiger charge is 2.24. The van der Waals surface area contributed by atoms with Gasteiger partial charge in [-0.2, -0.15) is 0 Å². The molecule has 1 aliphatic carbocycles. The lowest BCUT2D eigenvalue weighted by Crippen LogP contribution is -2.45. The number of ether oxygens (including phenoxy) is 1. The smallest absolute Gasteiger partial charge is 0.224 e. The van der Waals surface area contributed by atoms with Crippen molar-refractivity contribution < 1.29 is 14.6 Å². The highest BCUT2D eigenvalue weighted by molar-refractivity contribution is 5.79. The maximum Gasteiger partial charge on any atom is 0.224 e. The molecule has 0 aromatic heterocycles. The van der Waals surface area contributed by atoms with Crippen LogP contribution in [0.4, 0.5) is 0 Å². The molecular formula is C16H23NO3. The third kappa shape index (κ3) is 4.23. The molecule has 1 aliphatic rings. The van der Waals surface area contributed by atoms with Crippen molar-refractivity contribution in [3.63, 3.8) is 0 Å². The molecular weight excluding hydrogens is 254 g/mol. The predicted molar refractivity (Wildman–Crippen MR) is 77.7 cm³/mol. The van der Waals surface area contributed by atoms with Crippen molar-refractivity contribution >= 4 is 5.91 Å². The first kappa shape index (κ1) is 14.9. The monoisotopic (exact) mass is 277 g/mol. The number of carbonyl (C=O) groups excluding carboxylic acids is 1. The number of benzene rings is 1. The molecule has 2 N–H and O–H groups in total. The Morgan fingerprint density at radius 1 is 1.30 bits per heavy atom. The highest BCUT2D eigenvalue weighted by Crippen LogP contribution is 2.18. The first-order valence-corrected chi connectivity index (χ1v) is 7.38. The van der Waals surface area contributed by atoms with Crippen molar-refractivity contribution in [2.45, 2.75) is 51.2 Å². The van der Waals surface area contributed by atoms with Gasteiger partial charge in [0.15, 0.2) is 0 Å². The van der Waals surface area contributed by atoms with Gasteiger partial charge in [0.25, 0.3) is 0 Å². The van der Waals surface area contributed by atoms with Crippen LogP contribution in [0.5, 0.6) is 5.75 Å². The molecule has 110 valence electrons. The van der Waals surface area contributed by atoms with Gasteiger partial charge in [0, 0.05) is 0 Å². The van der Waals surface area contributed by atoms with Gasteiger partial charge >= 0.3 is 0 Å². The molecule has 0 spiro atoms. The van der Waals surface area contributed by atoms with Gasteiger partial charge in [-0.25, -0.2) is 0 Å². The molecule has 2 rings (SSSR count). The molecule has 0 unspecified atom stereocenters. The Bertz CT molecular complexity index is 430. The van der Waals surface area contributed by atoms with Crippen molar-refractivity contribution in [2.75, 3.05) is 6.61 Å². The quantitative estimate of drug-likeness (QED) is 0.866. The summed E-state index contributed by atoms with van der Waals surface area (Å²) >= 11 is 0. The Balaban J connectivity index is 1.84. The third-order valence-electron chi connectivity index (χ3n) is 3.67. The zero-order chi connectivity index (χ0) is 14.4. The number of nitrogens with one attached hydrogen (secondary N) is 1. The van der Waals surface area contributed by atoms with Gasteiger partial charge in [-0.3, -0.25) is 4.79 Å². The average molecular weight is 277 g/mol. The molecule has 1 aromatic carbocycles. The van der Waals surface area contributed by atoms with Gasteiger partial charge in [-0.05, 0) is 37.5 Å². The van der Waals surface area contributed by atoms with Gasteiger partial charge in [-0.15, -0.1) is 0 Å². The fraction of sp³-hybridized carbons (Fsp3) is 0.562. The van der Waals surface area contributed by atoms with E-state index < -0.39 is 6.10 Å². The summed E-state index contributed by atoms with van der Waals surface area (Å²) in [6.07, 6.45) is 3.73. The van der Waals surface area contributed by atoms with E-state index in [1.54, 1.807) is 0 Å². The van der Waals surface area contributed by atoms with Crippen LogP contribution in [0.2, 0.25) is 0 Å². The molecule has 0 radical (unpaired) electrons. The van der Waals surface area contributed by atoms with Crippen LogP contribution in [0.15, 0.2) is 24.3 Å². The first-order valence-electron chi connectivity index (χ1n) is 7.38. The minimum absolute atomic E-state index is 0.0277. The lowest BCUT2D eigenvalue weighted by molar-refractivity contribution is -0.122. The Labute approximate surface area is 120 Å². The van der Waals surface area contributed by atoms with Crippen molar-refractivity contribution in [3.8, 4) is 5.75 Å². The molecule has 0 saturated heterocycles. The Morgan fingerprint density at radius 2 is 2.00 bits per heavy atom. The second-order valence-corrected chi connectivity index (χ2v) is 5.28. The summed E-state index contributed by atoms with van der Waals surface area (Å²) in [7, 11) is 0. The van der Waals surface area contributed by atoms with Crippen LogP contribution in [0, 0.1) is 0 Å². The van der Waals surface area contributed by atoms with E-state index in [0.717, 1.165) is 37.0 Å². The van der Waals surface area contributed by atoms with Crippen LogP contribution in [-0.2, 0) is 11.2 Å². The highest BCUT2D eigenvalue weighted by atomic mass is 16.5. The Kier molecular flexibility index (Phi) is 5.41. The lowest BCUT2D eigenvalue weighted by atomic mass is 9.92. The number of amides is 1. The molecule has 2 atom stereocenters. The second kappa shape index (κ2) is 7.29. The molecule has 0 aliphatic heterocycles. The van der Waals surface area contributed by atoms with Crippen LogP contribution < -0.4 is 10.1 Å². The summed E-state index contributed by atoms with van der Waals surface area (Å²) in [5.74, 6) is 0.791. The van der Waals surface area contributed by atoms with E-state index in [0.29, 0.717) is 13.0 Å². The van der Waals surface area contributed by atoms with Crippen molar-refractivity contribution in [1.82, 2.24) is 5.32 Å². The molecule has 1 fully saturated rings. The van der Waals surface area contributed by atoms with Gasteiger partial charge in [0.2, 0.25) is 5.91 Å². The molecule has 4 nitrogen and oxygen atoms in total. The molecule has 20 heavy (non-hydrogen) atoms. The summed E-state index contributed by atoms with van der Waals surface area (Å²) < 4.78 is 5.37. The van der Waals surface area contributed by atoms with E-state index >= 15 is 0 Å². The van der Waals surface area contributed by atoms with Crippen LogP contribution in [0.25, 0.3) is 0 Å². The normalized spacial score (nSPS) is 22.3. The number of hydrogen-bond donors (Lipinski definition) is 2. The standard InChI is InChI=1S/C16H23NO3/c1-2-20-13-9-7-12(8-10-13)11-16(19)17-14-5-3-4-6-15(14)18/h7-10,14-15,18H,2-6,11H2,1H3,(H,17,19)/t14-,15-/m0/s1. The number of carbonyl (C=O) groups is 1. The summed E-state index contributed by atoms with van der Waals surface area (Å²) in [4.78, 5) is 12.0. The summed E-state index contributed by atoms with van der Waals surface area (Å²) in [5.41, 5.74) is 0.955. The zero-order valence-corrected chi connectivity index (χ0v) is 12.0. The molecule has 1 amide bonds. The van der Waals surface area contributed by atoms with E-state index in [2.05, 4.69) is 5.32 Å². The zero-order valence-electron chi connectivity index (χ0n) is 12.0. The lowest BCUT2D eigenvalue weighted by Gasteiger charge is -2.28. The molecule has 4 heteroatoms. The third-order valence-corrected chi connectivity index (χ3v) is 3.67. The minimum Gasteiger partial charge on any atom is -0.494 e. The Hall–Kier alpha value is -1.55. The minimum atomic E-state index is -0.395.